The summed E-state index contributed by atoms with van der Waals surface area (Å²) in [6.07, 6.45) is 2.63. The third-order valence-electron chi connectivity index (χ3n) is 3.19. The summed E-state index contributed by atoms with van der Waals surface area (Å²) in [6, 6.07) is 5.01. The van der Waals surface area contributed by atoms with Crippen LogP contribution in [0, 0.1) is 11.7 Å². The van der Waals surface area contributed by atoms with Crippen LogP contribution in [0.3, 0.4) is 0 Å². The second-order valence-corrected chi connectivity index (χ2v) is 5.27. The summed E-state index contributed by atoms with van der Waals surface area (Å²) >= 11 is 5.65. The molecule has 1 fully saturated rings. The van der Waals surface area contributed by atoms with Crippen molar-refractivity contribution in [3.8, 4) is 0 Å². The summed E-state index contributed by atoms with van der Waals surface area (Å²) in [5.74, 6) is 0.431. The molecule has 0 aliphatic heterocycles. The highest BCUT2D eigenvalue weighted by Crippen LogP contribution is 2.28. The smallest absolute Gasteiger partial charge is 0.142 e. The van der Waals surface area contributed by atoms with Crippen molar-refractivity contribution in [1.29, 1.82) is 0 Å². The molecule has 1 saturated carbocycles. The normalized spacial score (nSPS) is 16.8. The Bertz CT molecular complexity index is 395. The summed E-state index contributed by atoms with van der Waals surface area (Å²) in [5, 5.41) is 3.47. The first kappa shape index (κ1) is 13.8. The molecule has 4 heteroatoms. The largest absolute Gasteiger partial charge is 0.380 e. The molecule has 1 unspecified atom stereocenters. The summed E-state index contributed by atoms with van der Waals surface area (Å²) < 4.78 is 18.8. The van der Waals surface area contributed by atoms with Gasteiger partial charge in [-0.05, 0) is 43.4 Å². The van der Waals surface area contributed by atoms with Crippen LogP contribution in [0.2, 0.25) is 5.02 Å². The van der Waals surface area contributed by atoms with Crippen molar-refractivity contribution in [3.05, 3.63) is 34.6 Å². The van der Waals surface area contributed by atoms with Gasteiger partial charge >= 0.3 is 0 Å². The second kappa shape index (κ2) is 6.50. The van der Waals surface area contributed by atoms with E-state index in [1.54, 1.807) is 6.07 Å². The minimum atomic E-state index is -0.368. The Balaban J connectivity index is 1.69. The standard InChI is InChI=1S/C14H19ClFNO/c1-10(12-4-5-13(15)14(16)8-12)17-6-7-18-9-11-2-3-11/h4-5,8,10-11,17H,2-3,6-7,9H2,1H3. The zero-order valence-electron chi connectivity index (χ0n) is 10.6. The predicted molar refractivity (Wildman–Crippen MR) is 71.4 cm³/mol. The summed E-state index contributed by atoms with van der Waals surface area (Å²) in [4.78, 5) is 0. The van der Waals surface area contributed by atoms with E-state index in [2.05, 4.69) is 5.32 Å². The van der Waals surface area contributed by atoms with Gasteiger partial charge in [0, 0.05) is 19.2 Å². The average molecular weight is 272 g/mol. The summed E-state index contributed by atoms with van der Waals surface area (Å²) in [6.45, 7) is 4.37. The van der Waals surface area contributed by atoms with Gasteiger partial charge in [0.1, 0.15) is 5.82 Å². The summed E-state index contributed by atoms with van der Waals surface area (Å²) in [5.41, 5.74) is 0.902. The molecular formula is C14H19ClFNO. The molecule has 1 aliphatic carbocycles. The molecule has 2 nitrogen and oxygen atoms in total. The quantitative estimate of drug-likeness (QED) is 0.766. The van der Waals surface area contributed by atoms with Crippen LogP contribution in [0.15, 0.2) is 18.2 Å². The van der Waals surface area contributed by atoms with Crippen molar-refractivity contribution < 1.29 is 9.13 Å². The van der Waals surface area contributed by atoms with Gasteiger partial charge < -0.3 is 10.1 Å². The van der Waals surface area contributed by atoms with E-state index in [1.807, 2.05) is 13.0 Å². The molecule has 1 aliphatic rings. The molecule has 1 atom stereocenters. The Morgan fingerprint density at radius 2 is 2.28 bits per heavy atom. The maximum atomic E-state index is 13.3. The Labute approximate surface area is 112 Å². The maximum Gasteiger partial charge on any atom is 0.142 e. The molecule has 0 heterocycles. The fraction of sp³-hybridized carbons (Fsp3) is 0.571. The third-order valence-corrected chi connectivity index (χ3v) is 3.50. The number of rotatable bonds is 7. The molecule has 0 radical (unpaired) electrons. The summed E-state index contributed by atoms with van der Waals surface area (Å²) in [7, 11) is 0. The topological polar surface area (TPSA) is 21.3 Å². The van der Waals surface area contributed by atoms with E-state index in [-0.39, 0.29) is 16.9 Å². The third kappa shape index (κ3) is 4.23. The van der Waals surface area contributed by atoms with E-state index in [9.17, 15) is 4.39 Å². The van der Waals surface area contributed by atoms with Gasteiger partial charge in [-0.15, -0.1) is 0 Å². The van der Waals surface area contributed by atoms with Gasteiger partial charge in [0.15, 0.2) is 0 Å². The molecule has 0 aromatic heterocycles. The molecule has 0 amide bonds. The van der Waals surface area contributed by atoms with Crippen LogP contribution >= 0.6 is 11.6 Å². The van der Waals surface area contributed by atoms with Crippen molar-refractivity contribution in [1.82, 2.24) is 5.32 Å². The van der Waals surface area contributed by atoms with E-state index >= 15 is 0 Å². The van der Waals surface area contributed by atoms with E-state index in [1.165, 1.54) is 18.9 Å². The van der Waals surface area contributed by atoms with Gasteiger partial charge in [-0.1, -0.05) is 17.7 Å². The van der Waals surface area contributed by atoms with Crippen LogP contribution in [0.5, 0.6) is 0 Å². The van der Waals surface area contributed by atoms with Gasteiger partial charge in [0.05, 0.1) is 11.6 Å². The fourth-order valence-corrected chi connectivity index (χ4v) is 1.90. The molecule has 2 rings (SSSR count). The highest BCUT2D eigenvalue weighted by Gasteiger charge is 2.20. The van der Waals surface area contributed by atoms with Crippen LogP contribution in [-0.2, 0) is 4.74 Å². The van der Waals surface area contributed by atoms with E-state index in [4.69, 9.17) is 16.3 Å². The van der Waals surface area contributed by atoms with Crippen LogP contribution in [-0.4, -0.2) is 19.8 Å². The highest BCUT2D eigenvalue weighted by molar-refractivity contribution is 6.30. The number of hydrogen-bond donors (Lipinski definition) is 1. The zero-order chi connectivity index (χ0) is 13.0. The number of benzene rings is 1. The molecule has 1 aromatic rings. The van der Waals surface area contributed by atoms with Crippen LogP contribution in [0.1, 0.15) is 31.4 Å². The van der Waals surface area contributed by atoms with Gasteiger partial charge in [0.25, 0.3) is 0 Å². The van der Waals surface area contributed by atoms with E-state index in [0.29, 0.717) is 6.61 Å². The first-order valence-electron chi connectivity index (χ1n) is 6.43. The lowest BCUT2D eigenvalue weighted by atomic mass is 10.1. The lowest BCUT2D eigenvalue weighted by Crippen LogP contribution is -2.23. The lowest BCUT2D eigenvalue weighted by molar-refractivity contribution is 0.124. The number of ether oxygens (including phenoxy) is 1. The highest BCUT2D eigenvalue weighted by atomic mass is 35.5. The van der Waals surface area contributed by atoms with Crippen molar-refractivity contribution in [2.75, 3.05) is 19.8 Å². The van der Waals surface area contributed by atoms with Crippen molar-refractivity contribution in [2.45, 2.75) is 25.8 Å². The van der Waals surface area contributed by atoms with Gasteiger partial charge in [-0.25, -0.2) is 4.39 Å². The SMILES string of the molecule is CC(NCCOCC1CC1)c1ccc(Cl)c(F)c1. The Kier molecular flexibility index (Phi) is 4.98. The van der Waals surface area contributed by atoms with E-state index in [0.717, 1.165) is 24.6 Å². The van der Waals surface area contributed by atoms with Gasteiger partial charge in [-0.3, -0.25) is 0 Å². The first-order chi connectivity index (χ1) is 8.66. The second-order valence-electron chi connectivity index (χ2n) is 4.87. The maximum absolute atomic E-state index is 13.3. The first-order valence-corrected chi connectivity index (χ1v) is 6.80. The molecule has 0 bridgehead atoms. The number of hydrogen-bond acceptors (Lipinski definition) is 2. The Morgan fingerprint density at radius 1 is 1.50 bits per heavy atom. The minimum Gasteiger partial charge on any atom is -0.380 e. The number of nitrogens with one attached hydrogen (secondary N) is 1. The van der Waals surface area contributed by atoms with Gasteiger partial charge in [-0.2, -0.15) is 0 Å². The van der Waals surface area contributed by atoms with Crippen LogP contribution in [0.25, 0.3) is 0 Å². The Morgan fingerprint density at radius 3 is 2.94 bits per heavy atom. The Hall–Kier alpha value is -0.640. The molecule has 1 aromatic carbocycles. The van der Waals surface area contributed by atoms with Crippen LogP contribution < -0.4 is 5.32 Å². The average Bonchev–Trinajstić information content (AvgIpc) is 3.16. The van der Waals surface area contributed by atoms with Crippen LogP contribution in [0.4, 0.5) is 4.39 Å². The van der Waals surface area contributed by atoms with E-state index < -0.39 is 0 Å². The fourth-order valence-electron chi connectivity index (χ4n) is 1.78. The molecule has 1 N–H and O–H groups in total. The van der Waals surface area contributed by atoms with Gasteiger partial charge in [0.2, 0.25) is 0 Å². The molecule has 0 saturated heterocycles. The zero-order valence-corrected chi connectivity index (χ0v) is 11.3. The molecule has 100 valence electrons. The van der Waals surface area contributed by atoms with Crippen molar-refractivity contribution in [2.24, 2.45) is 5.92 Å². The molecular weight excluding hydrogens is 253 g/mol. The number of halogens is 2. The lowest BCUT2D eigenvalue weighted by Gasteiger charge is -2.14. The monoisotopic (exact) mass is 271 g/mol. The minimum absolute atomic E-state index is 0.0984. The molecule has 0 spiro atoms. The molecule has 18 heavy (non-hydrogen) atoms. The predicted octanol–water partition coefficient (Wildman–Crippen LogP) is 3.56. The van der Waals surface area contributed by atoms with Crippen molar-refractivity contribution in [3.63, 3.8) is 0 Å². The van der Waals surface area contributed by atoms with Crippen molar-refractivity contribution >= 4 is 11.6 Å².